The van der Waals surface area contributed by atoms with Crippen molar-refractivity contribution in [3.05, 3.63) is 58.6 Å². The molecule has 0 aliphatic carbocycles. The van der Waals surface area contributed by atoms with Gasteiger partial charge in [-0.3, -0.25) is 14.3 Å². The van der Waals surface area contributed by atoms with E-state index in [4.69, 9.17) is 4.74 Å². The molecule has 2 aromatic heterocycles. The van der Waals surface area contributed by atoms with Crippen LogP contribution in [0.5, 0.6) is 0 Å². The van der Waals surface area contributed by atoms with Crippen LogP contribution in [0.2, 0.25) is 0 Å². The second-order valence-electron chi connectivity index (χ2n) is 9.91. The van der Waals surface area contributed by atoms with E-state index in [1.807, 2.05) is 61.7 Å². The lowest BCUT2D eigenvalue weighted by atomic mass is 10.0. The summed E-state index contributed by atoms with van der Waals surface area (Å²) in [5, 5.41) is 7.74. The van der Waals surface area contributed by atoms with E-state index in [2.05, 4.69) is 20.3 Å². The van der Waals surface area contributed by atoms with E-state index in [-0.39, 0.29) is 11.9 Å². The number of aldehydes is 1. The van der Waals surface area contributed by atoms with Crippen molar-refractivity contribution in [2.24, 2.45) is 0 Å². The molecule has 1 atom stereocenters. The molecule has 1 amide bonds. The average Bonchev–Trinajstić information content (AvgIpc) is 3.50. The Hall–Kier alpha value is -3.30. The Morgan fingerprint density at radius 2 is 2.05 bits per heavy atom. The minimum Gasteiger partial charge on any atom is -0.379 e. The van der Waals surface area contributed by atoms with Crippen LogP contribution in [0.4, 0.5) is 5.82 Å². The molecule has 1 N–H and O–H groups in total. The van der Waals surface area contributed by atoms with Gasteiger partial charge in [0.05, 0.1) is 30.1 Å². The Morgan fingerprint density at radius 1 is 1.22 bits per heavy atom. The number of nitrogens with zero attached hydrogens (tertiary/aromatic N) is 5. The molecule has 2 saturated heterocycles. The van der Waals surface area contributed by atoms with Gasteiger partial charge < -0.3 is 19.9 Å². The summed E-state index contributed by atoms with van der Waals surface area (Å²) in [6.07, 6.45) is 6.10. The predicted octanol–water partition coefficient (Wildman–Crippen LogP) is 3.04. The molecular weight excluding hydrogens is 468 g/mol. The molecule has 2 aliphatic heterocycles. The third-order valence-electron chi connectivity index (χ3n) is 6.94. The molecule has 0 radical (unpaired) electrons. The van der Waals surface area contributed by atoms with Gasteiger partial charge in [0.15, 0.2) is 6.29 Å². The first-order chi connectivity index (χ1) is 17.9. The maximum atomic E-state index is 13.9. The Kier molecular flexibility index (Phi) is 8.89. The molecule has 198 valence electrons. The van der Waals surface area contributed by atoms with E-state index in [9.17, 15) is 9.59 Å². The number of carbonyl (C=O) groups excluding carboxylic acids is 2. The SMILES string of the molecule is CNC/C(=C\C(C(=O)N1CCCN(c2cccc(C)n2)CC1)=C(C)C)c1c(C=O)cnn1[C@H]1CCOC1. The molecular formula is C28H38N6O3. The molecule has 0 spiro atoms. The van der Waals surface area contributed by atoms with Crippen LogP contribution in [-0.4, -0.2) is 84.8 Å². The van der Waals surface area contributed by atoms with Gasteiger partial charge in [-0.2, -0.15) is 5.10 Å². The normalized spacial score (nSPS) is 18.6. The number of hydrogen-bond donors (Lipinski definition) is 1. The lowest BCUT2D eigenvalue weighted by molar-refractivity contribution is -0.126. The molecule has 0 unspecified atom stereocenters. The first kappa shape index (κ1) is 26.8. The zero-order valence-corrected chi connectivity index (χ0v) is 22.4. The molecule has 0 aromatic carbocycles. The van der Waals surface area contributed by atoms with Crippen molar-refractivity contribution in [2.75, 3.05) is 57.9 Å². The number of nitrogens with one attached hydrogen (secondary N) is 1. The minimum atomic E-state index is 0.00979. The number of aromatic nitrogens is 3. The van der Waals surface area contributed by atoms with Gasteiger partial charge in [-0.15, -0.1) is 0 Å². The van der Waals surface area contributed by atoms with Crippen molar-refractivity contribution in [1.29, 1.82) is 0 Å². The highest BCUT2D eigenvalue weighted by Crippen LogP contribution is 2.28. The largest absolute Gasteiger partial charge is 0.379 e. The molecule has 37 heavy (non-hydrogen) atoms. The number of allylic oxidation sites excluding steroid dienone is 1. The standard InChI is InChI=1S/C28H38N6O3/c1-20(2)25(28(36)33-11-6-10-32(12-13-33)26-8-5-7-21(3)31-26)15-22(16-29-4)27-23(18-35)17-30-34(27)24-9-14-37-19-24/h5,7-8,15,17-18,24,29H,6,9-14,16,19H2,1-4H3/b22-15+/t24-/m0/s1. The van der Waals surface area contributed by atoms with Crippen LogP contribution in [0.15, 0.2) is 41.6 Å². The van der Waals surface area contributed by atoms with E-state index in [0.717, 1.165) is 60.6 Å². The van der Waals surface area contributed by atoms with E-state index in [0.29, 0.717) is 44.0 Å². The zero-order chi connectivity index (χ0) is 26.4. The number of rotatable bonds is 8. The van der Waals surface area contributed by atoms with Gasteiger partial charge in [0.1, 0.15) is 5.82 Å². The highest BCUT2D eigenvalue weighted by atomic mass is 16.5. The Bertz CT molecular complexity index is 1170. The zero-order valence-electron chi connectivity index (χ0n) is 22.4. The molecule has 9 nitrogen and oxygen atoms in total. The van der Waals surface area contributed by atoms with Crippen LogP contribution in [0.3, 0.4) is 0 Å². The maximum absolute atomic E-state index is 13.9. The Labute approximate surface area is 219 Å². The van der Waals surface area contributed by atoms with Crippen LogP contribution in [-0.2, 0) is 9.53 Å². The molecule has 2 aromatic rings. The predicted molar refractivity (Wildman–Crippen MR) is 145 cm³/mol. The van der Waals surface area contributed by atoms with Gasteiger partial charge >= 0.3 is 0 Å². The number of carbonyl (C=O) groups is 2. The van der Waals surface area contributed by atoms with Gasteiger partial charge in [-0.05, 0) is 64.4 Å². The number of aryl methyl sites for hydroxylation is 1. The van der Waals surface area contributed by atoms with Gasteiger partial charge in [-0.1, -0.05) is 11.6 Å². The molecule has 2 aliphatic rings. The second kappa shape index (κ2) is 12.3. The fourth-order valence-electron chi connectivity index (χ4n) is 5.00. The molecule has 4 heterocycles. The minimum absolute atomic E-state index is 0.00979. The average molecular weight is 507 g/mol. The number of ether oxygens (including phenoxy) is 1. The van der Waals surface area contributed by atoms with Crippen molar-refractivity contribution < 1.29 is 14.3 Å². The van der Waals surface area contributed by atoms with Gasteiger partial charge in [-0.25, -0.2) is 4.98 Å². The summed E-state index contributed by atoms with van der Waals surface area (Å²) in [4.78, 5) is 34.7. The topological polar surface area (TPSA) is 92.6 Å². The molecule has 0 bridgehead atoms. The van der Waals surface area contributed by atoms with Crippen molar-refractivity contribution in [2.45, 2.75) is 39.7 Å². The molecule has 4 rings (SSSR count). The van der Waals surface area contributed by atoms with Crippen LogP contribution >= 0.6 is 0 Å². The van der Waals surface area contributed by atoms with Crippen molar-refractivity contribution >= 4 is 23.6 Å². The summed E-state index contributed by atoms with van der Waals surface area (Å²) in [7, 11) is 1.86. The fourth-order valence-corrected chi connectivity index (χ4v) is 5.00. The maximum Gasteiger partial charge on any atom is 0.253 e. The summed E-state index contributed by atoms with van der Waals surface area (Å²) in [6, 6.07) is 6.12. The Morgan fingerprint density at radius 3 is 2.73 bits per heavy atom. The van der Waals surface area contributed by atoms with Gasteiger partial charge in [0, 0.05) is 50.6 Å². The van der Waals surface area contributed by atoms with Crippen molar-refractivity contribution in [1.82, 2.24) is 25.0 Å². The van der Waals surface area contributed by atoms with Crippen LogP contribution in [0, 0.1) is 6.92 Å². The van der Waals surface area contributed by atoms with Crippen molar-refractivity contribution in [3.8, 4) is 0 Å². The first-order valence-electron chi connectivity index (χ1n) is 13.0. The third-order valence-corrected chi connectivity index (χ3v) is 6.94. The summed E-state index contributed by atoms with van der Waals surface area (Å²) in [6.45, 7) is 10.6. The van der Waals surface area contributed by atoms with E-state index in [1.165, 1.54) is 0 Å². The number of hydrogen-bond acceptors (Lipinski definition) is 7. The van der Waals surface area contributed by atoms with E-state index in [1.54, 1.807) is 6.20 Å². The van der Waals surface area contributed by atoms with Crippen LogP contribution in [0.1, 0.15) is 54.5 Å². The van der Waals surface area contributed by atoms with Crippen LogP contribution in [0.25, 0.3) is 5.57 Å². The monoisotopic (exact) mass is 506 g/mol. The van der Waals surface area contributed by atoms with Crippen molar-refractivity contribution in [3.63, 3.8) is 0 Å². The highest BCUT2D eigenvalue weighted by molar-refractivity contribution is 5.99. The number of amides is 1. The van der Waals surface area contributed by atoms with E-state index < -0.39 is 0 Å². The number of anilines is 1. The molecule has 2 fully saturated rings. The second-order valence-corrected chi connectivity index (χ2v) is 9.91. The summed E-state index contributed by atoms with van der Waals surface area (Å²) >= 11 is 0. The molecule has 0 saturated carbocycles. The highest BCUT2D eigenvalue weighted by Gasteiger charge is 2.27. The Balaban J connectivity index is 1.61. The van der Waals surface area contributed by atoms with Crippen LogP contribution < -0.4 is 10.2 Å². The fraction of sp³-hybridized carbons (Fsp3) is 0.500. The quantitative estimate of drug-likeness (QED) is 0.334. The smallest absolute Gasteiger partial charge is 0.253 e. The summed E-state index contributed by atoms with van der Waals surface area (Å²) in [5.74, 6) is 0.967. The summed E-state index contributed by atoms with van der Waals surface area (Å²) in [5.41, 5.74) is 4.70. The molecule has 9 heteroatoms. The summed E-state index contributed by atoms with van der Waals surface area (Å²) < 4.78 is 7.48. The number of pyridine rings is 1. The lowest BCUT2D eigenvalue weighted by Crippen LogP contribution is -2.36. The third kappa shape index (κ3) is 6.17. The first-order valence-corrected chi connectivity index (χ1v) is 13.0. The van der Waals surface area contributed by atoms with E-state index >= 15 is 0 Å². The van der Waals surface area contributed by atoms with Gasteiger partial charge in [0.25, 0.3) is 5.91 Å². The number of likely N-dealkylation sites (N-methyl/N-ethyl adjacent to an activating group) is 1. The lowest BCUT2D eigenvalue weighted by Gasteiger charge is -2.24. The van der Waals surface area contributed by atoms with Gasteiger partial charge in [0.2, 0.25) is 0 Å².